The highest BCUT2D eigenvalue weighted by atomic mass is 19.4. The van der Waals surface area contributed by atoms with E-state index in [1.54, 1.807) is 6.92 Å². The number of alkyl halides is 3. The first-order valence-corrected chi connectivity index (χ1v) is 5.87. The van der Waals surface area contributed by atoms with E-state index in [0.717, 1.165) is 18.6 Å². The van der Waals surface area contributed by atoms with E-state index in [1.807, 2.05) is 0 Å². The molecule has 0 aliphatic rings. The van der Waals surface area contributed by atoms with Gasteiger partial charge in [-0.1, -0.05) is 12.1 Å². The van der Waals surface area contributed by atoms with Crippen molar-refractivity contribution in [3.8, 4) is 0 Å². The van der Waals surface area contributed by atoms with Crippen LogP contribution in [-0.2, 0) is 15.8 Å². The highest BCUT2D eigenvalue weighted by Gasteiger charge is 2.35. The molecule has 0 unspecified atom stereocenters. The predicted octanol–water partition coefficient (Wildman–Crippen LogP) is 1.77. The first-order valence-electron chi connectivity index (χ1n) is 5.87. The number of hydrogen-bond acceptors (Lipinski definition) is 5. The Morgan fingerprint density at radius 1 is 1.48 bits per heavy atom. The van der Waals surface area contributed by atoms with Gasteiger partial charge in [-0.15, -0.1) is 0 Å². The Labute approximate surface area is 118 Å². The molecule has 1 amide bonds. The summed E-state index contributed by atoms with van der Waals surface area (Å²) in [5.74, 6) is -1.52. The molecule has 0 saturated heterocycles. The van der Waals surface area contributed by atoms with Gasteiger partial charge in [0.25, 0.3) is 5.91 Å². The Kier molecular flexibility index (Phi) is 5.82. The van der Waals surface area contributed by atoms with Crippen LogP contribution in [0.1, 0.15) is 29.3 Å². The SMILES string of the molecule is CCC(=O)ON=CCNC(=O)c1cnccc1C(F)(F)F. The fourth-order valence-electron chi connectivity index (χ4n) is 1.25. The third-order valence-corrected chi connectivity index (χ3v) is 2.24. The molecule has 1 heterocycles. The van der Waals surface area contributed by atoms with Crippen molar-refractivity contribution in [1.29, 1.82) is 0 Å². The van der Waals surface area contributed by atoms with Crippen molar-refractivity contribution < 1.29 is 27.6 Å². The van der Waals surface area contributed by atoms with Crippen molar-refractivity contribution in [1.82, 2.24) is 10.3 Å². The number of aromatic nitrogens is 1. The molecule has 0 aliphatic heterocycles. The van der Waals surface area contributed by atoms with Crippen molar-refractivity contribution in [2.45, 2.75) is 19.5 Å². The number of carbonyl (C=O) groups is 2. The normalized spacial score (nSPS) is 11.4. The van der Waals surface area contributed by atoms with Gasteiger partial charge in [0.15, 0.2) is 0 Å². The lowest BCUT2D eigenvalue weighted by Gasteiger charge is -2.11. The molecule has 9 heteroatoms. The minimum Gasteiger partial charge on any atom is -0.347 e. The van der Waals surface area contributed by atoms with Crippen molar-refractivity contribution in [3.05, 3.63) is 29.6 Å². The van der Waals surface area contributed by atoms with Gasteiger partial charge >= 0.3 is 12.1 Å². The topological polar surface area (TPSA) is 80.6 Å². The molecule has 21 heavy (non-hydrogen) atoms. The number of halogens is 3. The molecule has 1 aromatic rings. The summed E-state index contributed by atoms with van der Waals surface area (Å²) < 4.78 is 38.1. The Morgan fingerprint density at radius 3 is 2.81 bits per heavy atom. The van der Waals surface area contributed by atoms with E-state index in [9.17, 15) is 22.8 Å². The van der Waals surface area contributed by atoms with Gasteiger partial charge in [0.2, 0.25) is 0 Å². The number of hydrogen-bond donors (Lipinski definition) is 1. The van der Waals surface area contributed by atoms with E-state index in [2.05, 4.69) is 20.3 Å². The number of pyridine rings is 1. The number of carbonyl (C=O) groups excluding carboxylic acids is 2. The number of rotatable bonds is 5. The van der Waals surface area contributed by atoms with Crippen LogP contribution in [0.25, 0.3) is 0 Å². The average Bonchev–Trinajstić information content (AvgIpc) is 2.45. The molecule has 1 rings (SSSR count). The Balaban J connectivity index is 2.63. The fraction of sp³-hybridized carbons (Fsp3) is 0.333. The van der Waals surface area contributed by atoms with Crippen LogP contribution in [0.2, 0.25) is 0 Å². The van der Waals surface area contributed by atoms with Crippen LogP contribution in [0.3, 0.4) is 0 Å². The molecule has 0 bridgehead atoms. The zero-order valence-corrected chi connectivity index (χ0v) is 11.0. The molecular weight excluding hydrogens is 291 g/mol. The minimum atomic E-state index is -4.65. The van der Waals surface area contributed by atoms with Crippen LogP contribution in [0, 0.1) is 0 Å². The van der Waals surface area contributed by atoms with E-state index in [-0.39, 0.29) is 13.0 Å². The first kappa shape index (κ1) is 16.6. The summed E-state index contributed by atoms with van der Waals surface area (Å²) >= 11 is 0. The second kappa shape index (κ2) is 7.36. The summed E-state index contributed by atoms with van der Waals surface area (Å²) in [6.07, 6.45) is -1.69. The molecule has 0 fully saturated rings. The molecule has 1 aromatic heterocycles. The zero-order chi connectivity index (χ0) is 15.9. The second-order valence-corrected chi connectivity index (χ2v) is 3.73. The minimum absolute atomic E-state index is 0.133. The largest absolute Gasteiger partial charge is 0.417 e. The van der Waals surface area contributed by atoms with Crippen LogP contribution in [0.5, 0.6) is 0 Å². The van der Waals surface area contributed by atoms with Gasteiger partial charge in [-0.25, -0.2) is 4.79 Å². The fourth-order valence-corrected chi connectivity index (χ4v) is 1.25. The van der Waals surface area contributed by atoms with Crippen molar-refractivity contribution in [2.75, 3.05) is 6.54 Å². The molecular formula is C12H12F3N3O3. The van der Waals surface area contributed by atoms with Gasteiger partial charge in [-0.3, -0.25) is 9.78 Å². The van der Waals surface area contributed by atoms with Crippen LogP contribution in [0.15, 0.2) is 23.6 Å². The standard InChI is InChI=1S/C12H12F3N3O3/c1-2-10(19)21-18-6-5-17-11(20)8-7-16-4-3-9(8)12(13,14)15/h3-4,6-7H,2,5H2,1H3,(H,17,20). The van der Waals surface area contributed by atoms with Crippen LogP contribution < -0.4 is 5.32 Å². The molecule has 0 atom stereocenters. The maximum atomic E-state index is 12.7. The monoisotopic (exact) mass is 303 g/mol. The van der Waals surface area contributed by atoms with Crippen LogP contribution >= 0.6 is 0 Å². The Bertz CT molecular complexity index is 544. The molecule has 0 aromatic carbocycles. The maximum Gasteiger partial charge on any atom is 0.417 e. The van der Waals surface area contributed by atoms with Crippen LogP contribution in [0.4, 0.5) is 13.2 Å². The van der Waals surface area contributed by atoms with Gasteiger partial charge in [-0.2, -0.15) is 13.2 Å². The van der Waals surface area contributed by atoms with Gasteiger partial charge in [-0.05, 0) is 6.07 Å². The summed E-state index contributed by atoms with van der Waals surface area (Å²) in [4.78, 5) is 30.2. The van der Waals surface area contributed by atoms with Gasteiger partial charge in [0.05, 0.1) is 23.9 Å². The summed E-state index contributed by atoms with van der Waals surface area (Å²) in [5, 5.41) is 5.44. The van der Waals surface area contributed by atoms with E-state index >= 15 is 0 Å². The Hall–Kier alpha value is -2.45. The number of amides is 1. The molecule has 0 aliphatic carbocycles. The molecule has 1 N–H and O–H groups in total. The third-order valence-electron chi connectivity index (χ3n) is 2.24. The van der Waals surface area contributed by atoms with E-state index in [4.69, 9.17) is 0 Å². The quantitative estimate of drug-likeness (QED) is 0.510. The lowest BCUT2D eigenvalue weighted by molar-refractivity contribution is -0.143. The first-order chi connectivity index (χ1) is 9.86. The van der Waals surface area contributed by atoms with Crippen LogP contribution in [-0.4, -0.2) is 29.6 Å². The summed E-state index contributed by atoms with van der Waals surface area (Å²) in [6, 6.07) is 0.714. The predicted molar refractivity (Wildman–Crippen MR) is 66.4 cm³/mol. The third kappa shape index (κ3) is 5.21. The second-order valence-electron chi connectivity index (χ2n) is 3.73. The van der Waals surface area contributed by atoms with Crippen molar-refractivity contribution in [2.24, 2.45) is 5.16 Å². The highest BCUT2D eigenvalue weighted by molar-refractivity contribution is 5.96. The van der Waals surface area contributed by atoms with E-state index < -0.39 is 29.2 Å². The lowest BCUT2D eigenvalue weighted by Crippen LogP contribution is -2.28. The lowest BCUT2D eigenvalue weighted by atomic mass is 10.1. The number of oxime groups is 1. The van der Waals surface area contributed by atoms with Gasteiger partial charge in [0.1, 0.15) is 0 Å². The average molecular weight is 303 g/mol. The molecule has 114 valence electrons. The highest BCUT2D eigenvalue weighted by Crippen LogP contribution is 2.31. The maximum absolute atomic E-state index is 12.7. The van der Waals surface area contributed by atoms with Gasteiger partial charge < -0.3 is 10.2 Å². The van der Waals surface area contributed by atoms with Crippen molar-refractivity contribution in [3.63, 3.8) is 0 Å². The van der Waals surface area contributed by atoms with Crippen molar-refractivity contribution >= 4 is 18.1 Å². The summed E-state index contributed by atoms with van der Waals surface area (Å²) in [5.41, 5.74) is -1.67. The Morgan fingerprint density at radius 2 is 2.19 bits per heavy atom. The van der Waals surface area contributed by atoms with E-state index in [0.29, 0.717) is 6.07 Å². The molecule has 6 nitrogen and oxygen atoms in total. The smallest absolute Gasteiger partial charge is 0.347 e. The number of nitrogens with one attached hydrogen (secondary N) is 1. The molecule has 0 radical (unpaired) electrons. The molecule has 0 saturated carbocycles. The summed E-state index contributed by atoms with van der Waals surface area (Å²) in [6.45, 7) is 1.38. The van der Waals surface area contributed by atoms with E-state index in [1.165, 1.54) is 0 Å². The van der Waals surface area contributed by atoms with Gasteiger partial charge in [0, 0.05) is 18.8 Å². The number of nitrogens with zero attached hydrogens (tertiary/aromatic N) is 2. The zero-order valence-electron chi connectivity index (χ0n) is 11.0. The summed E-state index contributed by atoms with van der Waals surface area (Å²) in [7, 11) is 0. The molecule has 0 spiro atoms.